The molecule has 0 bridgehead atoms. The van der Waals surface area contributed by atoms with E-state index in [2.05, 4.69) is 21.2 Å². The molecule has 1 saturated heterocycles. The van der Waals surface area contributed by atoms with Crippen molar-refractivity contribution in [1.29, 1.82) is 0 Å². The minimum atomic E-state index is -1.15. The van der Waals surface area contributed by atoms with E-state index in [4.69, 9.17) is 4.74 Å². The van der Waals surface area contributed by atoms with E-state index in [-0.39, 0.29) is 0 Å². The van der Waals surface area contributed by atoms with Crippen LogP contribution in [-0.2, 0) is 9.53 Å². The fraction of sp³-hybridized carbons (Fsp3) is 0.533. The molecule has 5 heteroatoms. The van der Waals surface area contributed by atoms with Gasteiger partial charge in [-0.2, -0.15) is 0 Å². The Kier molecular flexibility index (Phi) is 3.63. The summed E-state index contributed by atoms with van der Waals surface area (Å²) in [5, 5.41) is 13.0. The molecule has 0 spiro atoms. The topological polar surface area (TPSA) is 58.6 Å². The van der Waals surface area contributed by atoms with Crippen molar-refractivity contribution in [1.82, 2.24) is 0 Å². The lowest BCUT2D eigenvalue weighted by molar-refractivity contribution is -0.149. The molecule has 0 radical (unpaired) electrons. The highest BCUT2D eigenvalue weighted by atomic mass is 79.9. The van der Waals surface area contributed by atoms with Crippen LogP contribution in [-0.4, -0.2) is 27.8 Å². The molecule has 0 aliphatic carbocycles. The third-order valence-electron chi connectivity index (χ3n) is 3.82. The number of anilines is 1. The van der Waals surface area contributed by atoms with Crippen LogP contribution in [0.3, 0.4) is 0 Å². The Labute approximate surface area is 127 Å². The maximum atomic E-state index is 11.9. The number of aliphatic carboxylic acids is 1. The summed E-state index contributed by atoms with van der Waals surface area (Å²) in [6.45, 7) is 7.48. The standard InChI is InChI=1S/C15H20BrNO3/c1-13(2)9-15(12(18)19,14(3,4)20-13)17-11-7-5-10(16)6-8-11/h5-8,17H,9H2,1-4H3,(H,18,19). The Morgan fingerprint density at radius 1 is 1.25 bits per heavy atom. The van der Waals surface area contributed by atoms with Crippen LogP contribution in [0.2, 0.25) is 0 Å². The number of carboxylic acids is 1. The molecule has 1 atom stereocenters. The third kappa shape index (κ3) is 2.56. The lowest BCUT2D eigenvalue weighted by atomic mass is 9.78. The maximum absolute atomic E-state index is 11.9. The number of ether oxygens (including phenoxy) is 1. The van der Waals surface area contributed by atoms with E-state index in [9.17, 15) is 9.90 Å². The molecule has 1 fully saturated rings. The second-order valence-corrected chi connectivity index (χ2v) is 7.31. The monoisotopic (exact) mass is 341 g/mol. The second-order valence-electron chi connectivity index (χ2n) is 6.39. The zero-order valence-corrected chi connectivity index (χ0v) is 13.7. The molecule has 1 aliphatic rings. The van der Waals surface area contributed by atoms with Crippen LogP contribution in [0.1, 0.15) is 34.1 Å². The first-order valence-corrected chi connectivity index (χ1v) is 7.35. The summed E-state index contributed by atoms with van der Waals surface area (Å²) in [6.07, 6.45) is 0.401. The number of benzene rings is 1. The summed E-state index contributed by atoms with van der Waals surface area (Å²) >= 11 is 3.37. The molecule has 2 rings (SSSR count). The van der Waals surface area contributed by atoms with Gasteiger partial charge in [-0.25, -0.2) is 4.79 Å². The molecular weight excluding hydrogens is 322 g/mol. The lowest BCUT2D eigenvalue weighted by Gasteiger charge is -2.37. The molecule has 1 aromatic rings. The van der Waals surface area contributed by atoms with Crippen molar-refractivity contribution in [2.24, 2.45) is 0 Å². The van der Waals surface area contributed by atoms with E-state index in [0.29, 0.717) is 6.42 Å². The normalized spacial score (nSPS) is 27.2. The molecule has 2 N–H and O–H groups in total. The van der Waals surface area contributed by atoms with Gasteiger partial charge in [0.05, 0.1) is 11.2 Å². The summed E-state index contributed by atoms with van der Waals surface area (Å²) in [5.41, 5.74) is -1.67. The molecule has 1 heterocycles. The van der Waals surface area contributed by atoms with Gasteiger partial charge in [0.1, 0.15) is 0 Å². The maximum Gasteiger partial charge on any atom is 0.332 e. The number of carboxylic acid groups (broad SMARTS) is 1. The Balaban J connectivity index is 2.41. The van der Waals surface area contributed by atoms with Crippen LogP contribution < -0.4 is 5.32 Å². The quantitative estimate of drug-likeness (QED) is 0.880. The molecule has 0 saturated carbocycles. The van der Waals surface area contributed by atoms with Gasteiger partial charge >= 0.3 is 5.97 Å². The van der Waals surface area contributed by atoms with Gasteiger partial charge in [0.2, 0.25) is 0 Å². The lowest BCUT2D eigenvalue weighted by Crippen LogP contribution is -2.58. The number of hydrogen-bond acceptors (Lipinski definition) is 3. The van der Waals surface area contributed by atoms with E-state index in [0.717, 1.165) is 10.2 Å². The average molecular weight is 342 g/mol. The van der Waals surface area contributed by atoms with E-state index in [1.54, 1.807) is 0 Å². The fourth-order valence-electron chi connectivity index (χ4n) is 3.03. The van der Waals surface area contributed by atoms with Crippen molar-refractivity contribution >= 4 is 27.6 Å². The van der Waals surface area contributed by atoms with Crippen molar-refractivity contribution in [2.45, 2.75) is 50.9 Å². The first kappa shape index (κ1) is 15.3. The number of hydrogen-bond donors (Lipinski definition) is 2. The molecule has 1 aromatic carbocycles. The highest BCUT2D eigenvalue weighted by molar-refractivity contribution is 9.10. The SMILES string of the molecule is CC1(C)CC(Nc2ccc(Br)cc2)(C(=O)O)C(C)(C)O1. The van der Waals surface area contributed by atoms with Gasteiger partial charge in [0, 0.05) is 16.6 Å². The van der Waals surface area contributed by atoms with Gasteiger partial charge < -0.3 is 15.2 Å². The van der Waals surface area contributed by atoms with E-state index in [1.807, 2.05) is 52.0 Å². The molecule has 1 aliphatic heterocycles. The van der Waals surface area contributed by atoms with Crippen molar-refractivity contribution in [3.8, 4) is 0 Å². The molecule has 4 nitrogen and oxygen atoms in total. The summed E-state index contributed by atoms with van der Waals surface area (Å²) in [4.78, 5) is 11.9. The molecule has 1 unspecified atom stereocenters. The van der Waals surface area contributed by atoms with Crippen LogP contribution in [0.4, 0.5) is 5.69 Å². The Morgan fingerprint density at radius 3 is 2.20 bits per heavy atom. The fourth-order valence-corrected chi connectivity index (χ4v) is 3.29. The summed E-state index contributed by atoms with van der Waals surface area (Å²) < 4.78 is 6.91. The summed E-state index contributed by atoms with van der Waals surface area (Å²) in [6, 6.07) is 7.48. The van der Waals surface area contributed by atoms with E-state index >= 15 is 0 Å². The Morgan fingerprint density at radius 2 is 1.80 bits per heavy atom. The zero-order chi connectivity index (χ0) is 15.2. The molecule has 0 aromatic heterocycles. The van der Waals surface area contributed by atoms with Crippen LogP contribution >= 0.6 is 15.9 Å². The molecule has 20 heavy (non-hydrogen) atoms. The molecule has 0 amide bonds. The highest BCUT2D eigenvalue weighted by Gasteiger charge is 2.62. The Hall–Kier alpha value is -1.07. The smallest absolute Gasteiger partial charge is 0.332 e. The van der Waals surface area contributed by atoms with E-state index < -0.39 is 22.7 Å². The van der Waals surface area contributed by atoms with E-state index in [1.165, 1.54) is 0 Å². The summed E-state index contributed by atoms with van der Waals surface area (Å²) in [7, 11) is 0. The average Bonchev–Trinajstić information content (AvgIpc) is 2.47. The van der Waals surface area contributed by atoms with Gasteiger partial charge in [-0.3, -0.25) is 0 Å². The third-order valence-corrected chi connectivity index (χ3v) is 4.35. The molecule has 110 valence electrons. The van der Waals surface area contributed by atoms with Crippen molar-refractivity contribution < 1.29 is 14.6 Å². The highest BCUT2D eigenvalue weighted by Crippen LogP contribution is 2.47. The van der Waals surface area contributed by atoms with Gasteiger partial charge in [0.25, 0.3) is 0 Å². The van der Waals surface area contributed by atoms with Crippen LogP contribution in [0.5, 0.6) is 0 Å². The number of carbonyl (C=O) groups is 1. The zero-order valence-electron chi connectivity index (χ0n) is 12.2. The summed E-state index contributed by atoms with van der Waals surface area (Å²) in [5.74, 6) is -0.893. The number of halogens is 1. The van der Waals surface area contributed by atoms with Crippen LogP contribution in [0.15, 0.2) is 28.7 Å². The minimum Gasteiger partial charge on any atom is -0.479 e. The van der Waals surface area contributed by atoms with Crippen LogP contribution in [0, 0.1) is 0 Å². The van der Waals surface area contributed by atoms with Gasteiger partial charge in [-0.15, -0.1) is 0 Å². The van der Waals surface area contributed by atoms with Crippen molar-refractivity contribution in [3.63, 3.8) is 0 Å². The van der Waals surface area contributed by atoms with Gasteiger partial charge in [0.15, 0.2) is 5.54 Å². The molecular formula is C15H20BrNO3. The Bertz CT molecular complexity index is 524. The van der Waals surface area contributed by atoms with Crippen molar-refractivity contribution in [2.75, 3.05) is 5.32 Å². The van der Waals surface area contributed by atoms with Crippen LogP contribution in [0.25, 0.3) is 0 Å². The minimum absolute atomic E-state index is 0.401. The van der Waals surface area contributed by atoms with Gasteiger partial charge in [-0.1, -0.05) is 15.9 Å². The predicted molar refractivity (Wildman–Crippen MR) is 82.0 cm³/mol. The first-order chi connectivity index (χ1) is 9.08. The first-order valence-electron chi connectivity index (χ1n) is 6.55. The van der Waals surface area contributed by atoms with Crippen molar-refractivity contribution in [3.05, 3.63) is 28.7 Å². The van der Waals surface area contributed by atoms with Gasteiger partial charge in [-0.05, 0) is 52.0 Å². The predicted octanol–water partition coefficient (Wildman–Crippen LogP) is 3.66. The number of rotatable bonds is 3. The largest absolute Gasteiger partial charge is 0.479 e. The number of nitrogens with one attached hydrogen (secondary N) is 1. The second kappa shape index (κ2) is 4.74.